The van der Waals surface area contributed by atoms with Gasteiger partial charge < -0.3 is 10.2 Å². The highest BCUT2D eigenvalue weighted by Crippen LogP contribution is 2.29. The summed E-state index contributed by atoms with van der Waals surface area (Å²) in [5, 5.41) is 3.28. The van der Waals surface area contributed by atoms with Gasteiger partial charge in [-0.1, -0.05) is 6.07 Å². The molecule has 0 atom stereocenters. The van der Waals surface area contributed by atoms with Crippen LogP contribution < -0.4 is 10.2 Å². The van der Waals surface area contributed by atoms with Crippen LogP contribution in [-0.4, -0.2) is 19.0 Å². The minimum atomic E-state index is 0.110. The van der Waals surface area contributed by atoms with E-state index in [9.17, 15) is 4.79 Å². The largest absolute Gasteiger partial charge is 0.382 e. The Bertz CT molecular complexity index is 374. The average Bonchev–Trinajstić information content (AvgIpc) is 2.16. The van der Waals surface area contributed by atoms with E-state index in [-0.39, 0.29) is 5.91 Å². The molecule has 0 aliphatic carbocycles. The predicted octanol–water partition coefficient (Wildman–Crippen LogP) is 1.77. The van der Waals surface area contributed by atoms with Gasteiger partial charge in [0.15, 0.2) is 0 Å². The number of hydrogen-bond donors (Lipinski definition) is 1. The topological polar surface area (TPSA) is 32.3 Å². The van der Waals surface area contributed by atoms with Crippen molar-refractivity contribution < 1.29 is 4.79 Å². The zero-order valence-electron chi connectivity index (χ0n) is 8.50. The van der Waals surface area contributed by atoms with E-state index in [1.807, 2.05) is 24.0 Å². The number of anilines is 2. The van der Waals surface area contributed by atoms with E-state index in [0.717, 1.165) is 24.5 Å². The number of amides is 1. The van der Waals surface area contributed by atoms with Crippen LogP contribution in [0.25, 0.3) is 0 Å². The van der Waals surface area contributed by atoms with Crippen molar-refractivity contribution in [1.82, 2.24) is 0 Å². The third-order valence-corrected chi connectivity index (χ3v) is 2.48. The van der Waals surface area contributed by atoms with Crippen molar-refractivity contribution in [2.45, 2.75) is 13.8 Å². The van der Waals surface area contributed by atoms with E-state index in [0.29, 0.717) is 0 Å². The molecule has 1 aliphatic heterocycles. The van der Waals surface area contributed by atoms with Crippen LogP contribution in [0.5, 0.6) is 0 Å². The van der Waals surface area contributed by atoms with Crippen LogP contribution in [0.4, 0.5) is 11.4 Å². The molecule has 1 aliphatic rings. The summed E-state index contributed by atoms with van der Waals surface area (Å²) >= 11 is 0. The van der Waals surface area contributed by atoms with E-state index in [1.54, 1.807) is 6.92 Å². The van der Waals surface area contributed by atoms with Gasteiger partial charge in [-0.25, -0.2) is 0 Å². The molecule has 2 rings (SSSR count). The summed E-state index contributed by atoms with van der Waals surface area (Å²) in [6.07, 6.45) is 0. The number of carbonyl (C=O) groups excluding carboxylic acids is 1. The SMILES string of the molecule is CC(=O)N1CCNc2ccc(C)cc21. The quantitative estimate of drug-likeness (QED) is 0.676. The van der Waals surface area contributed by atoms with Crippen molar-refractivity contribution >= 4 is 17.3 Å². The first-order chi connectivity index (χ1) is 6.68. The summed E-state index contributed by atoms with van der Waals surface area (Å²) in [5.41, 5.74) is 3.24. The molecule has 0 bridgehead atoms. The van der Waals surface area contributed by atoms with E-state index < -0.39 is 0 Å². The van der Waals surface area contributed by atoms with Gasteiger partial charge in [-0.2, -0.15) is 0 Å². The van der Waals surface area contributed by atoms with Gasteiger partial charge in [0.25, 0.3) is 0 Å². The van der Waals surface area contributed by atoms with Gasteiger partial charge in [0.1, 0.15) is 0 Å². The predicted molar refractivity (Wildman–Crippen MR) is 57.7 cm³/mol. The lowest BCUT2D eigenvalue weighted by Gasteiger charge is -2.29. The third-order valence-electron chi connectivity index (χ3n) is 2.48. The summed E-state index contributed by atoms with van der Waals surface area (Å²) in [6.45, 7) is 5.23. The Morgan fingerprint density at radius 2 is 2.29 bits per heavy atom. The minimum absolute atomic E-state index is 0.110. The Morgan fingerprint density at radius 3 is 3.00 bits per heavy atom. The fourth-order valence-corrected chi connectivity index (χ4v) is 1.76. The van der Waals surface area contributed by atoms with Crippen LogP contribution in [0.2, 0.25) is 0 Å². The van der Waals surface area contributed by atoms with E-state index in [4.69, 9.17) is 0 Å². The molecule has 0 radical (unpaired) electrons. The van der Waals surface area contributed by atoms with Crippen molar-refractivity contribution in [3.05, 3.63) is 23.8 Å². The first-order valence-corrected chi connectivity index (χ1v) is 4.81. The Hall–Kier alpha value is -1.51. The maximum atomic E-state index is 11.4. The lowest BCUT2D eigenvalue weighted by molar-refractivity contribution is -0.116. The van der Waals surface area contributed by atoms with Crippen molar-refractivity contribution in [1.29, 1.82) is 0 Å². The van der Waals surface area contributed by atoms with Gasteiger partial charge in [0.2, 0.25) is 5.91 Å². The highest BCUT2D eigenvalue weighted by atomic mass is 16.2. The summed E-state index contributed by atoms with van der Waals surface area (Å²) in [7, 11) is 0. The molecule has 0 aromatic heterocycles. The molecule has 0 spiro atoms. The van der Waals surface area contributed by atoms with Crippen LogP contribution in [0, 0.1) is 6.92 Å². The van der Waals surface area contributed by atoms with E-state index >= 15 is 0 Å². The maximum Gasteiger partial charge on any atom is 0.223 e. The van der Waals surface area contributed by atoms with Crippen LogP contribution in [-0.2, 0) is 4.79 Å². The molecular weight excluding hydrogens is 176 g/mol. The van der Waals surface area contributed by atoms with Crippen molar-refractivity contribution in [2.24, 2.45) is 0 Å². The second kappa shape index (κ2) is 3.33. The minimum Gasteiger partial charge on any atom is -0.382 e. The Morgan fingerprint density at radius 1 is 1.50 bits per heavy atom. The molecule has 14 heavy (non-hydrogen) atoms. The summed E-state index contributed by atoms with van der Waals surface area (Å²) in [5.74, 6) is 0.110. The smallest absolute Gasteiger partial charge is 0.223 e. The number of rotatable bonds is 0. The molecular formula is C11H14N2O. The molecule has 3 nitrogen and oxygen atoms in total. The number of nitrogens with one attached hydrogen (secondary N) is 1. The number of nitrogens with zero attached hydrogens (tertiary/aromatic N) is 1. The molecule has 0 unspecified atom stereocenters. The number of hydrogen-bond acceptors (Lipinski definition) is 2. The van der Waals surface area contributed by atoms with Crippen LogP contribution in [0.15, 0.2) is 18.2 Å². The van der Waals surface area contributed by atoms with Gasteiger partial charge in [-0.05, 0) is 24.6 Å². The molecule has 1 N–H and O–H groups in total. The summed E-state index contributed by atoms with van der Waals surface area (Å²) in [4.78, 5) is 13.2. The fraction of sp³-hybridized carbons (Fsp3) is 0.364. The summed E-state index contributed by atoms with van der Waals surface area (Å²) in [6, 6.07) is 6.12. The fourth-order valence-electron chi connectivity index (χ4n) is 1.76. The van der Waals surface area contributed by atoms with Crippen LogP contribution in [0.3, 0.4) is 0 Å². The zero-order chi connectivity index (χ0) is 10.1. The first kappa shape index (κ1) is 9.06. The van der Waals surface area contributed by atoms with Gasteiger partial charge in [-0.15, -0.1) is 0 Å². The molecule has 0 saturated heterocycles. The monoisotopic (exact) mass is 190 g/mol. The van der Waals surface area contributed by atoms with Crippen molar-refractivity contribution in [2.75, 3.05) is 23.3 Å². The maximum absolute atomic E-state index is 11.4. The number of carbonyl (C=O) groups is 1. The summed E-state index contributed by atoms with van der Waals surface area (Å²) < 4.78 is 0. The molecule has 1 amide bonds. The van der Waals surface area contributed by atoms with Crippen LogP contribution >= 0.6 is 0 Å². The molecule has 0 saturated carbocycles. The number of fused-ring (bicyclic) bond motifs is 1. The Balaban J connectivity index is 2.46. The van der Waals surface area contributed by atoms with E-state index in [2.05, 4.69) is 11.4 Å². The number of aryl methyl sites for hydroxylation is 1. The van der Waals surface area contributed by atoms with Crippen molar-refractivity contribution in [3.8, 4) is 0 Å². The van der Waals surface area contributed by atoms with Gasteiger partial charge in [0, 0.05) is 20.0 Å². The average molecular weight is 190 g/mol. The Labute approximate surface area is 83.7 Å². The second-order valence-corrected chi connectivity index (χ2v) is 3.62. The molecule has 1 aromatic carbocycles. The van der Waals surface area contributed by atoms with Gasteiger partial charge >= 0.3 is 0 Å². The highest BCUT2D eigenvalue weighted by molar-refractivity contribution is 5.96. The Kier molecular flexibility index (Phi) is 2.15. The lowest BCUT2D eigenvalue weighted by atomic mass is 10.1. The van der Waals surface area contributed by atoms with Crippen LogP contribution in [0.1, 0.15) is 12.5 Å². The second-order valence-electron chi connectivity index (χ2n) is 3.62. The molecule has 0 fully saturated rings. The van der Waals surface area contributed by atoms with Gasteiger partial charge in [-0.3, -0.25) is 4.79 Å². The zero-order valence-corrected chi connectivity index (χ0v) is 8.50. The first-order valence-electron chi connectivity index (χ1n) is 4.81. The molecule has 1 heterocycles. The molecule has 3 heteroatoms. The molecule has 1 aromatic rings. The third kappa shape index (κ3) is 1.45. The number of benzene rings is 1. The lowest BCUT2D eigenvalue weighted by Crippen LogP contribution is -2.37. The molecule has 74 valence electrons. The highest BCUT2D eigenvalue weighted by Gasteiger charge is 2.18. The normalized spacial score (nSPS) is 14.6. The van der Waals surface area contributed by atoms with Gasteiger partial charge in [0.05, 0.1) is 11.4 Å². The standard InChI is InChI=1S/C11H14N2O/c1-8-3-4-10-11(7-8)13(9(2)14)6-5-12-10/h3-4,7,12H,5-6H2,1-2H3. The van der Waals surface area contributed by atoms with E-state index in [1.165, 1.54) is 5.56 Å². The van der Waals surface area contributed by atoms with Crippen molar-refractivity contribution in [3.63, 3.8) is 0 Å².